The largest absolute Gasteiger partial charge is 0.381 e. The molecule has 1 aliphatic carbocycles. The second-order valence-corrected chi connectivity index (χ2v) is 7.11. The topological polar surface area (TPSA) is 54.9 Å². The van der Waals surface area contributed by atoms with Gasteiger partial charge in [0.25, 0.3) is 0 Å². The predicted molar refractivity (Wildman–Crippen MR) is 99.6 cm³/mol. The van der Waals surface area contributed by atoms with Crippen LogP contribution in [0, 0.1) is 5.92 Å². The van der Waals surface area contributed by atoms with E-state index < -0.39 is 0 Å². The van der Waals surface area contributed by atoms with Crippen molar-refractivity contribution in [3.8, 4) is 0 Å². The first kappa shape index (κ1) is 19.5. The fraction of sp³-hybridized carbons (Fsp3) is 0.947. The monoisotopic (exact) mass is 339 g/mol. The molecule has 24 heavy (non-hydrogen) atoms. The van der Waals surface area contributed by atoms with Gasteiger partial charge in [0.05, 0.1) is 6.10 Å². The average molecular weight is 340 g/mol. The highest BCUT2D eigenvalue weighted by Crippen LogP contribution is 2.28. The van der Waals surface area contributed by atoms with E-state index in [1.807, 2.05) is 7.05 Å². The first-order valence-electron chi connectivity index (χ1n) is 10.0. The van der Waals surface area contributed by atoms with Gasteiger partial charge in [0.2, 0.25) is 0 Å². The van der Waals surface area contributed by atoms with Crippen molar-refractivity contribution < 1.29 is 9.47 Å². The standard InChI is InChI=1S/C19H37N3O2/c1-20-19(21-12-5-4-9-17-7-2-3-8-17)22-13-6-14-24-18-10-15-23-16-11-18/h17-18H,2-16H2,1H3,(H2,20,21,22). The minimum Gasteiger partial charge on any atom is -0.381 e. The van der Waals surface area contributed by atoms with Crippen molar-refractivity contribution in [2.75, 3.05) is 40.0 Å². The van der Waals surface area contributed by atoms with Crippen molar-refractivity contribution in [3.63, 3.8) is 0 Å². The lowest BCUT2D eigenvalue weighted by Gasteiger charge is -2.22. The Hall–Kier alpha value is -0.810. The summed E-state index contributed by atoms with van der Waals surface area (Å²) in [6.45, 7) is 4.44. The molecule has 1 saturated heterocycles. The van der Waals surface area contributed by atoms with E-state index >= 15 is 0 Å². The number of aliphatic imine (C=N–C) groups is 1. The van der Waals surface area contributed by atoms with Gasteiger partial charge in [0, 0.05) is 40.0 Å². The molecule has 0 aromatic rings. The minimum atomic E-state index is 0.399. The van der Waals surface area contributed by atoms with Gasteiger partial charge in [-0.15, -0.1) is 0 Å². The molecule has 5 heteroatoms. The van der Waals surface area contributed by atoms with E-state index in [2.05, 4.69) is 15.6 Å². The molecule has 0 bridgehead atoms. The van der Waals surface area contributed by atoms with Crippen LogP contribution in [0.15, 0.2) is 4.99 Å². The highest BCUT2D eigenvalue weighted by Gasteiger charge is 2.14. The second-order valence-electron chi connectivity index (χ2n) is 7.11. The lowest BCUT2D eigenvalue weighted by molar-refractivity contribution is -0.0320. The summed E-state index contributed by atoms with van der Waals surface area (Å²) < 4.78 is 11.2. The molecule has 2 aliphatic rings. The van der Waals surface area contributed by atoms with Gasteiger partial charge >= 0.3 is 0 Å². The van der Waals surface area contributed by atoms with Gasteiger partial charge in [0.15, 0.2) is 5.96 Å². The van der Waals surface area contributed by atoms with Gasteiger partial charge in [-0.3, -0.25) is 4.99 Å². The Kier molecular flexibility index (Phi) is 10.2. The molecule has 0 aromatic carbocycles. The summed E-state index contributed by atoms with van der Waals surface area (Å²) in [4.78, 5) is 4.29. The van der Waals surface area contributed by atoms with Gasteiger partial charge in [-0.2, -0.15) is 0 Å². The number of ether oxygens (including phenoxy) is 2. The Labute approximate surface area is 148 Å². The van der Waals surface area contributed by atoms with Crippen molar-refractivity contribution >= 4 is 5.96 Å². The van der Waals surface area contributed by atoms with E-state index in [0.29, 0.717) is 6.10 Å². The minimum absolute atomic E-state index is 0.399. The Morgan fingerprint density at radius 3 is 2.42 bits per heavy atom. The molecule has 0 spiro atoms. The number of nitrogens with one attached hydrogen (secondary N) is 2. The molecule has 2 fully saturated rings. The van der Waals surface area contributed by atoms with Crippen LogP contribution in [-0.2, 0) is 9.47 Å². The molecular formula is C19H37N3O2. The van der Waals surface area contributed by atoms with Crippen LogP contribution in [0.4, 0.5) is 0 Å². The number of rotatable bonds is 10. The summed E-state index contributed by atoms with van der Waals surface area (Å²) in [7, 11) is 1.84. The van der Waals surface area contributed by atoms with Gasteiger partial charge in [0.1, 0.15) is 0 Å². The predicted octanol–water partition coefficient (Wildman–Crippen LogP) is 3.10. The van der Waals surface area contributed by atoms with Crippen LogP contribution in [0.25, 0.3) is 0 Å². The van der Waals surface area contributed by atoms with Gasteiger partial charge in [-0.25, -0.2) is 0 Å². The maximum atomic E-state index is 5.88. The van der Waals surface area contributed by atoms with Crippen molar-refractivity contribution in [3.05, 3.63) is 0 Å². The number of unbranched alkanes of at least 4 members (excludes halogenated alkanes) is 1. The van der Waals surface area contributed by atoms with E-state index in [0.717, 1.165) is 64.1 Å². The van der Waals surface area contributed by atoms with Crippen molar-refractivity contribution in [1.29, 1.82) is 0 Å². The summed E-state index contributed by atoms with van der Waals surface area (Å²) >= 11 is 0. The zero-order chi connectivity index (χ0) is 16.9. The Bertz CT molecular complexity index is 338. The zero-order valence-corrected chi connectivity index (χ0v) is 15.5. The van der Waals surface area contributed by atoms with E-state index in [9.17, 15) is 0 Å². The molecule has 0 amide bonds. The number of guanidine groups is 1. The molecule has 0 radical (unpaired) electrons. The SMILES string of the molecule is CN=C(NCCCCC1CCCC1)NCCCOC1CCOCC1. The molecule has 1 heterocycles. The summed E-state index contributed by atoms with van der Waals surface area (Å²) in [5, 5.41) is 6.79. The second kappa shape index (κ2) is 12.5. The summed E-state index contributed by atoms with van der Waals surface area (Å²) in [6.07, 6.45) is 13.3. The number of nitrogens with zero attached hydrogens (tertiary/aromatic N) is 1. The van der Waals surface area contributed by atoms with E-state index in [4.69, 9.17) is 9.47 Å². The fourth-order valence-corrected chi connectivity index (χ4v) is 3.66. The Morgan fingerprint density at radius 2 is 1.71 bits per heavy atom. The molecular weight excluding hydrogens is 302 g/mol. The molecule has 2 N–H and O–H groups in total. The number of hydrogen-bond acceptors (Lipinski definition) is 3. The summed E-state index contributed by atoms with van der Waals surface area (Å²) in [5.41, 5.74) is 0. The first-order chi connectivity index (χ1) is 11.9. The average Bonchev–Trinajstić information content (AvgIpc) is 3.14. The van der Waals surface area contributed by atoms with E-state index in [-0.39, 0.29) is 0 Å². The smallest absolute Gasteiger partial charge is 0.190 e. The van der Waals surface area contributed by atoms with Crippen LogP contribution >= 0.6 is 0 Å². The maximum Gasteiger partial charge on any atom is 0.190 e. The zero-order valence-electron chi connectivity index (χ0n) is 15.5. The number of hydrogen-bond donors (Lipinski definition) is 2. The molecule has 0 atom stereocenters. The van der Waals surface area contributed by atoms with Crippen LogP contribution in [0.5, 0.6) is 0 Å². The third-order valence-corrected chi connectivity index (χ3v) is 5.17. The molecule has 1 aliphatic heterocycles. The van der Waals surface area contributed by atoms with Gasteiger partial charge in [-0.05, 0) is 31.6 Å². The summed E-state index contributed by atoms with van der Waals surface area (Å²) in [6, 6.07) is 0. The lowest BCUT2D eigenvalue weighted by Crippen LogP contribution is -2.38. The lowest BCUT2D eigenvalue weighted by atomic mass is 10.0. The quantitative estimate of drug-likeness (QED) is 0.365. The van der Waals surface area contributed by atoms with Crippen LogP contribution in [0.3, 0.4) is 0 Å². The Balaban J connectivity index is 1.40. The van der Waals surface area contributed by atoms with Crippen LogP contribution in [0.2, 0.25) is 0 Å². The van der Waals surface area contributed by atoms with Gasteiger partial charge < -0.3 is 20.1 Å². The molecule has 2 rings (SSSR count). The first-order valence-corrected chi connectivity index (χ1v) is 10.0. The molecule has 5 nitrogen and oxygen atoms in total. The highest BCUT2D eigenvalue weighted by molar-refractivity contribution is 5.79. The van der Waals surface area contributed by atoms with Crippen molar-refractivity contribution in [2.45, 2.75) is 70.3 Å². The van der Waals surface area contributed by atoms with E-state index in [1.165, 1.54) is 44.9 Å². The normalized spacial score (nSPS) is 20.5. The van der Waals surface area contributed by atoms with Crippen molar-refractivity contribution in [1.82, 2.24) is 10.6 Å². The highest BCUT2D eigenvalue weighted by atomic mass is 16.5. The third kappa shape index (κ3) is 8.34. The molecule has 1 saturated carbocycles. The molecule has 0 unspecified atom stereocenters. The van der Waals surface area contributed by atoms with Gasteiger partial charge in [-0.1, -0.05) is 38.5 Å². The van der Waals surface area contributed by atoms with Crippen molar-refractivity contribution in [2.24, 2.45) is 10.9 Å². The van der Waals surface area contributed by atoms with Crippen LogP contribution < -0.4 is 10.6 Å². The van der Waals surface area contributed by atoms with Crippen LogP contribution in [-0.4, -0.2) is 52.0 Å². The maximum absolute atomic E-state index is 5.88. The molecule has 0 aromatic heterocycles. The van der Waals surface area contributed by atoms with Crippen LogP contribution in [0.1, 0.15) is 64.2 Å². The molecule has 140 valence electrons. The van der Waals surface area contributed by atoms with E-state index in [1.54, 1.807) is 0 Å². The third-order valence-electron chi connectivity index (χ3n) is 5.17. The Morgan fingerprint density at radius 1 is 1.00 bits per heavy atom. The fourth-order valence-electron chi connectivity index (χ4n) is 3.66. The summed E-state index contributed by atoms with van der Waals surface area (Å²) in [5.74, 6) is 1.93.